The molecule has 7 nitrogen and oxygen atoms in total. The average molecular weight is 512 g/mol. The minimum absolute atomic E-state index is 0. The number of pyridine rings is 1. The van der Waals surface area contributed by atoms with Crippen LogP contribution < -0.4 is 20.1 Å². The fourth-order valence-electron chi connectivity index (χ4n) is 2.95. The maximum atomic E-state index is 6.16. The molecule has 0 amide bonds. The van der Waals surface area contributed by atoms with Crippen LogP contribution >= 0.6 is 24.0 Å². The highest BCUT2D eigenvalue weighted by Crippen LogP contribution is 2.23. The summed E-state index contributed by atoms with van der Waals surface area (Å²) in [6, 6.07) is 11.9. The zero-order valence-electron chi connectivity index (χ0n) is 17.1. The fraction of sp³-hybridized carbons (Fsp3) is 0.429. The number of ether oxygens (including phenoxy) is 3. The van der Waals surface area contributed by atoms with Gasteiger partial charge >= 0.3 is 0 Å². The minimum Gasteiger partial charge on any atom is -0.488 e. The van der Waals surface area contributed by atoms with Gasteiger partial charge in [-0.1, -0.05) is 18.2 Å². The number of rotatable bonds is 7. The molecule has 0 saturated carbocycles. The largest absolute Gasteiger partial charge is 0.488 e. The fourth-order valence-corrected chi connectivity index (χ4v) is 2.95. The molecule has 2 aromatic rings. The van der Waals surface area contributed by atoms with E-state index >= 15 is 0 Å². The number of hydrogen-bond acceptors (Lipinski definition) is 5. The van der Waals surface area contributed by atoms with Gasteiger partial charge in [-0.05, 0) is 24.6 Å². The molecule has 8 heteroatoms. The number of halogens is 1. The maximum absolute atomic E-state index is 6.16. The molecule has 1 aliphatic heterocycles. The third-order valence-electron chi connectivity index (χ3n) is 4.50. The number of nitrogens with zero attached hydrogens (tertiary/aromatic N) is 2. The lowest BCUT2D eigenvalue weighted by molar-refractivity contribution is 0.140. The molecule has 1 saturated heterocycles. The van der Waals surface area contributed by atoms with Crippen molar-refractivity contribution in [1.29, 1.82) is 0 Å². The number of hydrogen-bond donors (Lipinski definition) is 2. The Morgan fingerprint density at radius 1 is 1.24 bits per heavy atom. The highest BCUT2D eigenvalue weighted by atomic mass is 127. The van der Waals surface area contributed by atoms with Crippen LogP contribution in [0, 0.1) is 6.92 Å². The lowest BCUT2D eigenvalue weighted by Crippen LogP contribution is -2.36. The first-order valence-electron chi connectivity index (χ1n) is 9.46. The van der Waals surface area contributed by atoms with Crippen LogP contribution in [0.4, 0.5) is 0 Å². The molecule has 0 aliphatic carbocycles. The van der Waals surface area contributed by atoms with Crippen LogP contribution in [0.5, 0.6) is 11.6 Å². The van der Waals surface area contributed by atoms with Crippen molar-refractivity contribution in [2.45, 2.75) is 32.5 Å². The Hall–Kier alpha value is -2.07. The average Bonchev–Trinajstić information content (AvgIpc) is 3.22. The number of aryl methyl sites for hydroxylation is 1. The van der Waals surface area contributed by atoms with E-state index in [1.807, 2.05) is 18.2 Å². The van der Waals surface area contributed by atoms with Crippen LogP contribution in [0.1, 0.15) is 23.2 Å². The summed E-state index contributed by atoms with van der Waals surface area (Å²) in [5.74, 6) is 2.19. The first kappa shape index (κ1) is 23.2. The van der Waals surface area contributed by atoms with Gasteiger partial charge in [0.2, 0.25) is 5.88 Å². The molecule has 2 heterocycles. The van der Waals surface area contributed by atoms with E-state index in [0.29, 0.717) is 31.5 Å². The maximum Gasteiger partial charge on any atom is 0.213 e. The lowest BCUT2D eigenvalue weighted by Gasteiger charge is -2.18. The van der Waals surface area contributed by atoms with Gasteiger partial charge in [-0.15, -0.1) is 24.0 Å². The summed E-state index contributed by atoms with van der Waals surface area (Å²) in [6.07, 6.45) is 1.05. The van der Waals surface area contributed by atoms with Crippen LogP contribution in [0.2, 0.25) is 0 Å². The Kier molecular flexibility index (Phi) is 9.46. The Bertz CT molecular complexity index is 810. The van der Waals surface area contributed by atoms with E-state index in [2.05, 4.69) is 45.7 Å². The molecule has 1 unspecified atom stereocenters. The molecular formula is C21H29IN4O3. The van der Waals surface area contributed by atoms with Crippen molar-refractivity contribution >= 4 is 29.9 Å². The van der Waals surface area contributed by atoms with Crippen LogP contribution in [0.15, 0.2) is 41.4 Å². The standard InChI is InChI=1S/C21H28N4O3.HI/c1-15-7-8-16(19(11-15)28-18-9-10-27-14-18)12-23-21(22-2)24-13-17-5-4-6-20(25-17)26-3;/h4-8,11,18H,9-10,12-14H2,1-3H3,(H2,22,23,24);1H. The van der Waals surface area contributed by atoms with Crippen molar-refractivity contribution in [1.82, 2.24) is 15.6 Å². The van der Waals surface area contributed by atoms with Gasteiger partial charge in [0, 0.05) is 31.6 Å². The number of aromatic nitrogens is 1. The van der Waals surface area contributed by atoms with E-state index in [9.17, 15) is 0 Å². The summed E-state index contributed by atoms with van der Waals surface area (Å²) in [4.78, 5) is 8.68. The van der Waals surface area contributed by atoms with Gasteiger partial charge in [-0.3, -0.25) is 4.99 Å². The van der Waals surface area contributed by atoms with Crippen molar-refractivity contribution in [2.24, 2.45) is 4.99 Å². The van der Waals surface area contributed by atoms with Crippen LogP contribution in [0.25, 0.3) is 0 Å². The Morgan fingerprint density at radius 2 is 2.07 bits per heavy atom. The number of nitrogens with one attached hydrogen (secondary N) is 2. The predicted octanol–water partition coefficient (Wildman–Crippen LogP) is 3.05. The first-order valence-corrected chi connectivity index (χ1v) is 9.46. The zero-order valence-corrected chi connectivity index (χ0v) is 19.4. The highest BCUT2D eigenvalue weighted by molar-refractivity contribution is 14.0. The summed E-state index contributed by atoms with van der Waals surface area (Å²) in [7, 11) is 3.36. The smallest absolute Gasteiger partial charge is 0.213 e. The van der Waals surface area contributed by atoms with Gasteiger partial charge in [0.1, 0.15) is 11.9 Å². The SMILES string of the molecule is CN=C(NCc1cccc(OC)n1)NCc1ccc(C)cc1OC1CCOC1.I. The zero-order chi connectivity index (χ0) is 19.8. The third-order valence-corrected chi connectivity index (χ3v) is 4.50. The van der Waals surface area contributed by atoms with Crippen LogP contribution in [-0.2, 0) is 17.8 Å². The molecule has 1 fully saturated rings. The molecule has 1 aromatic carbocycles. The number of benzene rings is 1. The number of aliphatic imine (C=N–C) groups is 1. The third kappa shape index (κ3) is 7.04. The van der Waals surface area contributed by atoms with E-state index in [1.165, 1.54) is 5.56 Å². The molecule has 0 radical (unpaired) electrons. The highest BCUT2D eigenvalue weighted by Gasteiger charge is 2.18. The first-order chi connectivity index (χ1) is 13.7. The van der Waals surface area contributed by atoms with Crippen molar-refractivity contribution in [3.63, 3.8) is 0 Å². The Balaban J connectivity index is 0.00000300. The quantitative estimate of drug-likeness (QED) is 0.338. The van der Waals surface area contributed by atoms with E-state index in [-0.39, 0.29) is 30.1 Å². The van der Waals surface area contributed by atoms with Crippen molar-refractivity contribution in [2.75, 3.05) is 27.4 Å². The van der Waals surface area contributed by atoms with E-state index in [0.717, 1.165) is 30.0 Å². The summed E-state index contributed by atoms with van der Waals surface area (Å²) in [6.45, 7) is 4.63. The summed E-state index contributed by atoms with van der Waals surface area (Å²) < 4.78 is 16.7. The normalized spacial score (nSPS) is 16.1. The van der Waals surface area contributed by atoms with E-state index in [1.54, 1.807) is 14.2 Å². The summed E-state index contributed by atoms with van der Waals surface area (Å²) in [5, 5.41) is 6.61. The second kappa shape index (κ2) is 11.8. The lowest BCUT2D eigenvalue weighted by atomic mass is 10.1. The molecule has 0 spiro atoms. The van der Waals surface area contributed by atoms with Crippen LogP contribution in [0.3, 0.4) is 0 Å². The second-order valence-electron chi connectivity index (χ2n) is 6.67. The number of guanidine groups is 1. The molecule has 2 N–H and O–H groups in total. The molecule has 1 aliphatic rings. The van der Waals surface area contributed by atoms with Gasteiger partial charge in [0.05, 0.1) is 32.6 Å². The Morgan fingerprint density at radius 3 is 2.79 bits per heavy atom. The summed E-state index contributed by atoms with van der Waals surface area (Å²) in [5.41, 5.74) is 3.13. The van der Waals surface area contributed by atoms with Gasteiger partial charge < -0.3 is 24.8 Å². The van der Waals surface area contributed by atoms with Crippen molar-refractivity contribution in [3.05, 3.63) is 53.2 Å². The van der Waals surface area contributed by atoms with Gasteiger partial charge in [0.15, 0.2) is 5.96 Å². The van der Waals surface area contributed by atoms with E-state index in [4.69, 9.17) is 14.2 Å². The molecule has 29 heavy (non-hydrogen) atoms. The molecule has 1 atom stereocenters. The second-order valence-corrected chi connectivity index (χ2v) is 6.67. The van der Waals surface area contributed by atoms with Gasteiger partial charge in [-0.2, -0.15) is 0 Å². The molecule has 158 valence electrons. The molecule has 0 bridgehead atoms. The van der Waals surface area contributed by atoms with Crippen molar-refractivity contribution < 1.29 is 14.2 Å². The van der Waals surface area contributed by atoms with Gasteiger partial charge in [0.25, 0.3) is 0 Å². The van der Waals surface area contributed by atoms with Gasteiger partial charge in [-0.25, -0.2) is 4.98 Å². The monoisotopic (exact) mass is 512 g/mol. The predicted molar refractivity (Wildman–Crippen MR) is 124 cm³/mol. The minimum atomic E-state index is 0. The van der Waals surface area contributed by atoms with E-state index < -0.39 is 0 Å². The molecular weight excluding hydrogens is 483 g/mol. The molecule has 1 aromatic heterocycles. The summed E-state index contributed by atoms with van der Waals surface area (Å²) >= 11 is 0. The van der Waals surface area contributed by atoms with Crippen LogP contribution in [-0.4, -0.2) is 44.4 Å². The topological polar surface area (TPSA) is 77.0 Å². The molecule has 3 rings (SSSR count). The van der Waals surface area contributed by atoms with Crippen molar-refractivity contribution in [3.8, 4) is 11.6 Å². The number of methoxy groups -OCH3 is 1. The Labute approximate surface area is 189 Å².